The molecule has 1 rings (SSSR count). The van der Waals surface area contributed by atoms with E-state index in [2.05, 4.69) is 5.32 Å². The third-order valence-electron chi connectivity index (χ3n) is 1.90. The molecule has 0 saturated heterocycles. The molecule has 6 heteroatoms. The van der Waals surface area contributed by atoms with Crippen molar-refractivity contribution in [2.45, 2.75) is 13.0 Å². The van der Waals surface area contributed by atoms with Crippen LogP contribution in [-0.4, -0.2) is 25.1 Å². The highest BCUT2D eigenvalue weighted by atomic mass is 35.5. The number of ether oxygens (including phenoxy) is 1. The van der Waals surface area contributed by atoms with Crippen molar-refractivity contribution in [2.75, 3.05) is 13.2 Å². The molecule has 0 unspecified atom stereocenters. The topological polar surface area (TPSA) is 64.4 Å². The van der Waals surface area contributed by atoms with E-state index in [0.717, 1.165) is 5.75 Å². The SMILES string of the molecule is C[C@@H](N)C(=O)NCCOc1ccc(Cl)cc1.Cl. The fourth-order valence-electron chi connectivity index (χ4n) is 1.03. The summed E-state index contributed by atoms with van der Waals surface area (Å²) in [6, 6.07) is 6.55. The lowest BCUT2D eigenvalue weighted by molar-refractivity contribution is -0.122. The Morgan fingerprint density at radius 2 is 2.06 bits per heavy atom. The second-order valence-corrected chi connectivity index (χ2v) is 3.82. The van der Waals surface area contributed by atoms with Crippen LogP contribution in [0.15, 0.2) is 24.3 Å². The van der Waals surface area contributed by atoms with Crippen LogP contribution in [-0.2, 0) is 4.79 Å². The molecular formula is C11H16Cl2N2O2. The highest BCUT2D eigenvalue weighted by Crippen LogP contribution is 2.14. The number of nitrogens with one attached hydrogen (secondary N) is 1. The van der Waals surface area contributed by atoms with Crippen LogP contribution in [0.3, 0.4) is 0 Å². The van der Waals surface area contributed by atoms with Crippen molar-refractivity contribution in [3.63, 3.8) is 0 Å². The van der Waals surface area contributed by atoms with E-state index in [1.807, 2.05) is 0 Å². The average Bonchev–Trinajstić information content (AvgIpc) is 2.26. The van der Waals surface area contributed by atoms with Crippen LogP contribution in [0.1, 0.15) is 6.92 Å². The van der Waals surface area contributed by atoms with Crippen molar-refractivity contribution in [1.82, 2.24) is 5.32 Å². The maximum absolute atomic E-state index is 11.1. The lowest BCUT2D eigenvalue weighted by atomic mass is 10.3. The summed E-state index contributed by atoms with van der Waals surface area (Å²) < 4.78 is 5.38. The van der Waals surface area contributed by atoms with Crippen molar-refractivity contribution >= 4 is 29.9 Å². The van der Waals surface area contributed by atoms with Crippen molar-refractivity contribution in [3.05, 3.63) is 29.3 Å². The van der Waals surface area contributed by atoms with Crippen LogP contribution >= 0.6 is 24.0 Å². The third-order valence-corrected chi connectivity index (χ3v) is 2.15. The molecular weight excluding hydrogens is 263 g/mol. The first-order valence-corrected chi connectivity index (χ1v) is 5.39. The lowest BCUT2D eigenvalue weighted by Crippen LogP contribution is -2.40. The number of hydrogen-bond donors (Lipinski definition) is 2. The molecule has 1 amide bonds. The molecule has 0 aromatic heterocycles. The molecule has 0 spiro atoms. The van der Waals surface area contributed by atoms with E-state index in [4.69, 9.17) is 22.1 Å². The number of carbonyl (C=O) groups excluding carboxylic acids is 1. The fourth-order valence-corrected chi connectivity index (χ4v) is 1.16. The maximum Gasteiger partial charge on any atom is 0.236 e. The van der Waals surface area contributed by atoms with Gasteiger partial charge in [-0.2, -0.15) is 0 Å². The van der Waals surface area contributed by atoms with Gasteiger partial charge in [0, 0.05) is 5.02 Å². The molecule has 0 aliphatic rings. The van der Waals surface area contributed by atoms with Gasteiger partial charge in [0.05, 0.1) is 12.6 Å². The van der Waals surface area contributed by atoms with Gasteiger partial charge in [-0.05, 0) is 31.2 Å². The zero-order valence-corrected chi connectivity index (χ0v) is 11.1. The van der Waals surface area contributed by atoms with E-state index in [0.29, 0.717) is 18.2 Å². The third kappa shape index (κ3) is 6.36. The van der Waals surface area contributed by atoms with E-state index in [9.17, 15) is 4.79 Å². The monoisotopic (exact) mass is 278 g/mol. The predicted molar refractivity (Wildman–Crippen MR) is 70.9 cm³/mol. The van der Waals surface area contributed by atoms with Gasteiger partial charge in [-0.1, -0.05) is 11.6 Å². The van der Waals surface area contributed by atoms with Gasteiger partial charge in [0.1, 0.15) is 12.4 Å². The molecule has 0 bridgehead atoms. The normalized spacial score (nSPS) is 11.2. The van der Waals surface area contributed by atoms with E-state index >= 15 is 0 Å². The van der Waals surface area contributed by atoms with Crippen LogP contribution in [0.2, 0.25) is 5.02 Å². The summed E-state index contributed by atoms with van der Waals surface area (Å²) in [6.07, 6.45) is 0. The van der Waals surface area contributed by atoms with Crippen molar-refractivity contribution in [3.8, 4) is 5.75 Å². The quantitative estimate of drug-likeness (QED) is 0.805. The molecule has 4 nitrogen and oxygen atoms in total. The lowest BCUT2D eigenvalue weighted by Gasteiger charge is -2.09. The molecule has 0 fully saturated rings. The summed E-state index contributed by atoms with van der Waals surface area (Å²) in [5.41, 5.74) is 5.38. The van der Waals surface area contributed by atoms with Crippen LogP contribution in [0.4, 0.5) is 0 Å². The van der Waals surface area contributed by atoms with Crippen LogP contribution < -0.4 is 15.8 Å². The van der Waals surface area contributed by atoms with Crippen molar-refractivity contribution in [1.29, 1.82) is 0 Å². The first-order chi connectivity index (χ1) is 7.59. The Labute approximate surface area is 112 Å². The Kier molecular flexibility index (Phi) is 7.70. The van der Waals surface area contributed by atoms with Crippen molar-refractivity contribution in [2.24, 2.45) is 5.73 Å². The van der Waals surface area contributed by atoms with Gasteiger partial charge in [0.25, 0.3) is 0 Å². The van der Waals surface area contributed by atoms with Gasteiger partial charge in [-0.15, -0.1) is 12.4 Å². The second-order valence-electron chi connectivity index (χ2n) is 3.38. The van der Waals surface area contributed by atoms with Gasteiger partial charge in [-0.3, -0.25) is 4.79 Å². The highest BCUT2D eigenvalue weighted by molar-refractivity contribution is 6.30. The van der Waals surface area contributed by atoms with Gasteiger partial charge in [0.2, 0.25) is 5.91 Å². The standard InChI is InChI=1S/C11H15ClN2O2.ClH/c1-8(13)11(15)14-6-7-16-10-4-2-9(12)3-5-10;/h2-5,8H,6-7,13H2,1H3,(H,14,15);1H/t8-;/m1./s1. The number of amides is 1. The number of carbonyl (C=O) groups is 1. The molecule has 17 heavy (non-hydrogen) atoms. The summed E-state index contributed by atoms with van der Waals surface area (Å²) in [4.78, 5) is 11.1. The molecule has 1 aromatic carbocycles. The summed E-state index contributed by atoms with van der Waals surface area (Å²) in [7, 11) is 0. The van der Waals surface area contributed by atoms with Gasteiger partial charge >= 0.3 is 0 Å². The molecule has 0 radical (unpaired) electrons. The number of nitrogens with two attached hydrogens (primary N) is 1. The maximum atomic E-state index is 11.1. The predicted octanol–water partition coefficient (Wildman–Crippen LogP) is 1.60. The molecule has 0 heterocycles. The Morgan fingerprint density at radius 1 is 1.47 bits per heavy atom. The second kappa shape index (κ2) is 8.17. The Balaban J connectivity index is 0.00000256. The first-order valence-electron chi connectivity index (χ1n) is 5.01. The zero-order chi connectivity index (χ0) is 12.0. The van der Waals surface area contributed by atoms with Gasteiger partial charge < -0.3 is 15.8 Å². The van der Waals surface area contributed by atoms with E-state index in [1.165, 1.54) is 0 Å². The van der Waals surface area contributed by atoms with Gasteiger partial charge in [0.15, 0.2) is 0 Å². The van der Waals surface area contributed by atoms with E-state index in [1.54, 1.807) is 31.2 Å². The molecule has 0 aliphatic heterocycles. The minimum Gasteiger partial charge on any atom is -0.492 e. The largest absolute Gasteiger partial charge is 0.492 e. The van der Waals surface area contributed by atoms with E-state index in [-0.39, 0.29) is 18.3 Å². The molecule has 3 N–H and O–H groups in total. The molecule has 1 atom stereocenters. The fraction of sp³-hybridized carbons (Fsp3) is 0.364. The smallest absolute Gasteiger partial charge is 0.236 e. The van der Waals surface area contributed by atoms with Crippen LogP contribution in [0, 0.1) is 0 Å². The minimum absolute atomic E-state index is 0. The number of benzene rings is 1. The van der Waals surface area contributed by atoms with Crippen LogP contribution in [0.25, 0.3) is 0 Å². The number of hydrogen-bond acceptors (Lipinski definition) is 3. The molecule has 0 saturated carbocycles. The first kappa shape index (κ1) is 16.0. The zero-order valence-electron chi connectivity index (χ0n) is 9.48. The summed E-state index contributed by atoms with van der Waals surface area (Å²) in [5, 5.41) is 3.31. The number of halogens is 2. The minimum atomic E-state index is -0.490. The molecule has 0 aliphatic carbocycles. The Bertz CT molecular complexity index is 342. The van der Waals surface area contributed by atoms with Gasteiger partial charge in [-0.25, -0.2) is 0 Å². The summed E-state index contributed by atoms with van der Waals surface area (Å²) in [6.45, 7) is 2.47. The van der Waals surface area contributed by atoms with E-state index < -0.39 is 6.04 Å². The Morgan fingerprint density at radius 3 is 2.59 bits per heavy atom. The van der Waals surface area contributed by atoms with Crippen molar-refractivity contribution < 1.29 is 9.53 Å². The molecule has 96 valence electrons. The summed E-state index contributed by atoms with van der Waals surface area (Å²) in [5.74, 6) is 0.541. The molecule has 1 aromatic rings. The average molecular weight is 279 g/mol. The summed E-state index contributed by atoms with van der Waals surface area (Å²) >= 11 is 5.72. The number of rotatable bonds is 5. The highest BCUT2D eigenvalue weighted by Gasteiger charge is 2.05. The van der Waals surface area contributed by atoms with Crippen LogP contribution in [0.5, 0.6) is 5.75 Å². The Hall–Kier alpha value is -0.970.